The number of rotatable bonds is 7. The van der Waals surface area contributed by atoms with Crippen LogP contribution in [0.4, 0.5) is 0 Å². The summed E-state index contributed by atoms with van der Waals surface area (Å²) < 4.78 is 9.65. The number of carbonyl (C=O) groups is 2. The predicted molar refractivity (Wildman–Crippen MR) is 71.6 cm³/mol. The first kappa shape index (κ1) is 15.0. The minimum atomic E-state index is -0.458. The highest BCUT2D eigenvalue weighted by Crippen LogP contribution is 2.23. The standard InChI is InChI=1S/C15H18O4/c1-3-11-19-15(17)13(9-10-14(16)18-2)12-7-5-4-6-8-12/h3-8,13H,1,9-11H2,2H3. The minimum absolute atomic E-state index is 0.167. The molecule has 0 aliphatic carbocycles. The van der Waals surface area contributed by atoms with E-state index in [9.17, 15) is 9.59 Å². The van der Waals surface area contributed by atoms with Gasteiger partial charge in [0.15, 0.2) is 0 Å². The van der Waals surface area contributed by atoms with E-state index in [1.807, 2.05) is 30.3 Å². The van der Waals surface area contributed by atoms with Crippen LogP contribution < -0.4 is 0 Å². The second-order valence-corrected chi connectivity index (χ2v) is 4.00. The van der Waals surface area contributed by atoms with Gasteiger partial charge in [-0.05, 0) is 12.0 Å². The topological polar surface area (TPSA) is 52.6 Å². The van der Waals surface area contributed by atoms with Gasteiger partial charge in [0.2, 0.25) is 0 Å². The van der Waals surface area contributed by atoms with Crippen molar-refractivity contribution in [1.29, 1.82) is 0 Å². The van der Waals surface area contributed by atoms with Crippen LogP contribution >= 0.6 is 0 Å². The van der Waals surface area contributed by atoms with Gasteiger partial charge in [-0.15, -0.1) is 0 Å². The van der Waals surface area contributed by atoms with Crippen LogP contribution in [0.15, 0.2) is 43.0 Å². The number of ether oxygens (including phenoxy) is 2. The Morgan fingerprint density at radius 3 is 2.58 bits per heavy atom. The third kappa shape index (κ3) is 4.95. The van der Waals surface area contributed by atoms with E-state index in [4.69, 9.17) is 4.74 Å². The van der Waals surface area contributed by atoms with Crippen molar-refractivity contribution in [3.63, 3.8) is 0 Å². The number of methoxy groups -OCH3 is 1. The van der Waals surface area contributed by atoms with Crippen molar-refractivity contribution < 1.29 is 19.1 Å². The Morgan fingerprint density at radius 2 is 2.00 bits per heavy atom. The molecule has 0 N–H and O–H groups in total. The normalized spacial score (nSPS) is 11.4. The highest BCUT2D eigenvalue weighted by molar-refractivity contribution is 5.79. The molecule has 0 amide bonds. The van der Waals surface area contributed by atoms with Gasteiger partial charge < -0.3 is 9.47 Å². The molecule has 0 aliphatic heterocycles. The number of hydrogen-bond acceptors (Lipinski definition) is 4. The third-order valence-corrected chi connectivity index (χ3v) is 2.69. The van der Waals surface area contributed by atoms with E-state index < -0.39 is 5.92 Å². The van der Waals surface area contributed by atoms with E-state index in [-0.39, 0.29) is 25.0 Å². The quantitative estimate of drug-likeness (QED) is 0.559. The molecule has 0 saturated carbocycles. The third-order valence-electron chi connectivity index (χ3n) is 2.69. The van der Waals surface area contributed by atoms with Crippen LogP contribution in [0.5, 0.6) is 0 Å². The lowest BCUT2D eigenvalue weighted by atomic mass is 9.94. The summed E-state index contributed by atoms with van der Waals surface area (Å²) in [5, 5.41) is 0. The first-order valence-electron chi connectivity index (χ1n) is 6.08. The Hall–Kier alpha value is -2.10. The number of hydrogen-bond donors (Lipinski definition) is 0. The average molecular weight is 262 g/mol. The van der Waals surface area contributed by atoms with E-state index in [2.05, 4.69) is 11.3 Å². The van der Waals surface area contributed by atoms with Gasteiger partial charge in [0.1, 0.15) is 6.61 Å². The van der Waals surface area contributed by atoms with Crippen molar-refractivity contribution in [2.45, 2.75) is 18.8 Å². The van der Waals surface area contributed by atoms with Crippen molar-refractivity contribution >= 4 is 11.9 Å². The van der Waals surface area contributed by atoms with E-state index >= 15 is 0 Å². The maximum atomic E-state index is 12.0. The molecule has 1 atom stereocenters. The highest BCUT2D eigenvalue weighted by Gasteiger charge is 2.22. The van der Waals surface area contributed by atoms with Crippen LogP contribution in [0.2, 0.25) is 0 Å². The second-order valence-electron chi connectivity index (χ2n) is 4.00. The van der Waals surface area contributed by atoms with Gasteiger partial charge in [0.25, 0.3) is 0 Å². The molecule has 0 saturated heterocycles. The van der Waals surface area contributed by atoms with Gasteiger partial charge in [0, 0.05) is 6.42 Å². The van der Waals surface area contributed by atoms with E-state index in [0.29, 0.717) is 6.42 Å². The second kappa shape index (κ2) is 8.08. The average Bonchev–Trinajstić information content (AvgIpc) is 2.46. The molecule has 1 rings (SSSR count). The molecule has 19 heavy (non-hydrogen) atoms. The summed E-state index contributed by atoms with van der Waals surface area (Å²) in [7, 11) is 1.33. The minimum Gasteiger partial charge on any atom is -0.469 e. The summed E-state index contributed by atoms with van der Waals surface area (Å²) in [4.78, 5) is 23.2. The molecule has 4 heteroatoms. The maximum Gasteiger partial charge on any atom is 0.313 e. The van der Waals surface area contributed by atoms with Gasteiger partial charge >= 0.3 is 11.9 Å². The van der Waals surface area contributed by atoms with Crippen LogP contribution in [0.25, 0.3) is 0 Å². The largest absolute Gasteiger partial charge is 0.469 e. The van der Waals surface area contributed by atoms with Crippen LogP contribution in [0.3, 0.4) is 0 Å². The molecule has 0 heterocycles. The summed E-state index contributed by atoms with van der Waals surface area (Å²) in [6.45, 7) is 3.67. The Balaban J connectivity index is 2.75. The maximum absolute atomic E-state index is 12.0. The zero-order valence-electron chi connectivity index (χ0n) is 11.0. The fourth-order valence-electron chi connectivity index (χ4n) is 1.71. The Morgan fingerprint density at radius 1 is 1.32 bits per heavy atom. The molecular weight excluding hydrogens is 244 g/mol. The first-order valence-corrected chi connectivity index (χ1v) is 6.08. The van der Waals surface area contributed by atoms with Crippen molar-refractivity contribution in [3.05, 3.63) is 48.6 Å². The zero-order valence-corrected chi connectivity index (χ0v) is 11.0. The van der Waals surface area contributed by atoms with E-state index in [1.165, 1.54) is 13.2 Å². The summed E-state index contributed by atoms with van der Waals surface area (Å²) in [6, 6.07) is 9.26. The summed E-state index contributed by atoms with van der Waals surface area (Å²) in [5.41, 5.74) is 0.834. The fourth-order valence-corrected chi connectivity index (χ4v) is 1.71. The molecule has 0 aromatic heterocycles. The van der Waals surface area contributed by atoms with E-state index in [0.717, 1.165) is 5.56 Å². The van der Waals surface area contributed by atoms with Crippen LogP contribution in [0.1, 0.15) is 24.3 Å². The van der Waals surface area contributed by atoms with Crippen LogP contribution in [-0.4, -0.2) is 25.7 Å². The van der Waals surface area contributed by atoms with Gasteiger partial charge in [-0.2, -0.15) is 0 Å². The molecule has 1 aromatic carbocycles. The van der Waals surface area contributed by atoms with Crippen molar-refractivity contribution in [1.82, 2.24) is 0 Å². The molecule has 0 bridgehead atoms. The Kier molecular flexibility index (Phi) is 6.36. The monoisotopic (exact) mass is 262 g/mol. The molecule has 0 aliphatic rings. The van der Waals surface area contributed by atoms with E-state index in [1.54, 1.807) is 0 Å². The molecule has 0 spiro atoms. The van der Waals surface area contributed by atoms with Crippen LogP contribution in [0, 0.1) is 0 Å². The molecule has 1 aromatic rings. The summed E-state index contributed by atoms with van der Waals surface area (Å²) in [6.07, 6.45) is 2.06. The Labute approximate surface area is 113 Å². The van der Waals surface area contributed by atoms with Gasteiger partial charge in [-0.1, -0.05) is 43.0 Å². The van der Waals surface area contributed by atoms with Gasteiger partial charge in [0.05, 0.1) is 13.0 Å². The Bertz CT molecular complexity index is 425. The highest BCUT2D eigenvalue weighted by atomic mass is 16.5. The van der Waals surface area contributed by atoms with Gasteiger partial charge in [-0.3, -0.25) is 9.59 Å². The lowest BCUT2D eigenvalue weighted by Crippen LogP contribution is -2.17. The molecule has 4 nitrogen and oxygen atoms in total. The lowest BCUT2D eigenvalue weighted by molar-refractivity contribution is -0.145. The zero-order chi connectivity index (χ0) is 14.1. The van der Waals surface area contributed by atoms with Crippen molar-refractivity contribution in [2.75, 3.05) is 13.7 Å². The SMILES string of the molecule is C=CCOC(=O)C(CCC(=O)OC)c1ccccc1. The fraction of sp³-hybridized carbons (Fsp3) is 0.333. The molecule has 1 unspecified atom stereocenters. The van der Waals surface area contributed by atoms with Crippen LogP contribution in [-0.2, 0) is 19.1 Å². The number of esters is 2. The molecular formula is C15H18O4. The molecule has 0 fully saturated rings. The van der Waals surface area contributed by atoms with Crippen molar-refractivity contribution in [2.24, 2.45) is 0 Å². The first-order chi connectivity index (χ1) is 9.19. The number of carbonyl (C=O) groups excluding carboxylic acids is 2. The smallest absolute Gasteiger partial charge is 0.313 e. The summed E-state index contributed by atoms with van der Waals surface area (Å²) in [5.74, 6) is -1.15. The summed E-state index contributed by atoms with van der Waals surface area (Å²) >= 11 is 0. The molecule has 102 valence electrons. The molecule has 0 radical (unpaired) electrons. The van der Waals surface area contributed by atoms with Gasteiger partial charge in [-0.25, -0.2) is 0 Å². The predicted octanol–water partition coefficient (Wildman–Crippen LogP) is 2.45. The lowest BCUT2D eigenvalue weighted by Gasteiger charge is -2.15. The van der Waals surface area contributed by atoms with Crippen molar-refractivity contribution in [3.8, 4) is 0 Å². The number of benzene rings is 1.